The molecule has 1 aromatic carbocycles. The van der Waals surface area contributed by atoms with Crippen LogP contribution in [0.5, 0.6) is 5.75 Å². The lowest BCUT2D eigenvalue weighted by atomic mass is 10.1. The lowest BCUT2D eigenvalue weighted by Gasteiger charge is -2.23. The van der Waals surface area contributed by atoms with Crippen LogP contribution < -0.4 is 14.4 Å². The van der Waals surface area contributed by atoms with Gasteiger partial charge in [0, 0.05) is 48.5 Å². The van der Waals surface area contributed by atoms with Crippen LogP contribution >= 0.6 is 0 Å². The number of carbonyl (C=O) groups is 1. The number of carbonyl (C=O) groups excluding carboxylic acids is 1. The number of pyridine rings is 1. The summed E-state index contributed by atoms with van der Waals surface area (Å²) in [5.41, 5.74) is 2.00. The molecule has 160 valence electrons. The molecule has 3 rings (SSSR count). The second-order valence-corrected chi connectivity index (χ2v) is 7.67. The zero-order chi connectivity index (χ0) is 21.6. The average molecular weight is 435 g/mol. The number of nitrogens with one attached hydrogen (secondary N) is 2. The van der Waals surface area contributed by atoms with E-state index in [9.17, 15) is 17.1 Å². The van der Waals surface area contributed by atoms with E-state index in [1.165, 1.54) is 12.0 Å². The molecule has 0 aliphatic carbocycles. The molecule has 9 nitrogen and oxygen atoms in total. The minimum atomic E-state index is -4.77. The van der Waals surface area contributed by atoms with Crippen molar-refractivity contribution < 1.29 is 21.8 Å². The monoisotopic (exact) mass is 435 g/mol. The van der Waals surface area contributed by atoms with E-state index in [0.717, 1.165) is 11.1 Å². The smallest absolute Gasteiger partial charge is 0.372 e. The molecule has 0 atom stereocenters. The van der Waals surface area contributed by atoms with Crippen molar-refractivity contribution in [2.45, 2.75) is 19.3 Å². The number of rotatable bonds is 10. The number of methoxy groups -OCH3 is 1. The molecule has 30 heavy (non-hydrogen) atoms. The van der Waals surface area contributed by atoms with Crippen LogP contribution in [-0.4, -0.2) is 49.7 Å². The molecule has 0 fully saturated rings. The zero-order valence-corrected chi connectivity index (χ0v) is 17.2. The second-order valence-electron chi connectivity index (χ2n) is 6.51. The lowest BCUT2D eigenvalue weighted by Crippen LogP contribution is -2.34. The summed E-state index contributed by atoms with van der Waals surface area (Å²) in [6.45, 7) is 0.0865. The van der Waals surface area contributed by atoms with Crippen LogP contribution in [0.4, 0.5) is 9.57 Å². The average Bonchev–Trinajstić information content (AvgIpc) is 3.14. The second kappa shape index (κ2) is 9.63. The van der Waals surface area contributed by atoms with Crippen molar-refractivity contribution in [3.63, 3.8) is 0 Å². The van der Waals surface area contributed by atoms with Gasteiger partial charge in [0.2, 0.25) is 5.91 Å². The summed E-state index contributed by atoms with van der Waals surface area (Å²) in [6.07, 6.45) is 2.51. The molecular formula is C19H22FN5O4S. The summed E-state index contributed by atoms with van der Waals surface area (Å²) in [7, 11) is -3.24. The normalized spacial score (nSPS) is 11.5. The van der Waals surface area contributed by atoms with Crippen molar-refractivity contribution in [3.05, 3.63) is 48.3 Å². The molecular weight excluding hydrogens is 413 g/mol. The molecule has 0 radical (unpaired) electrons. The summed E-state index contributed by atoms with van der Waals surface area (Å²) in [6, 6.07) is 10.7. The first-order valence-corrected chi connectivity index (χ1v) is 10.7. The molecule has 0 aliphatic heterocycles. The van der Waals surface area contributed by atoms with Crippen LogP contribution in [0.2, 0.25) is 0 Å². The van der Waals surface area contributed by atoms with Crippen molar-refractivity contribution >= 4 is 33.0 Å². The Balaban J connectivity index is 1.71. The number of anilines is 1. The number of fused-ring (bicyclic) bond motifs is 1. The maximum absolute atomic E-state index is 13.0. The topological polar surface area (TPSA) is 117 Å². The molecule has 0 saturated carbocycles. The van der Waals surface area contributed by atoms with E-state index in [0.29, 0.717) is 23.5 Å². The number of H-pyrrole nitrogens is 1. The number of aryl methyl sites for hydroxylation is 1. The number of benzene rings is 1. The van der Waals surface area contributed by atoms with Crippen LogP contribution in [0, 0.1) is 0 Å². The van der Waals surface area contributed by atoms with Crippen molar-refractivity contribution in [1.29, 1.82) is 0 Å². The third-order valence-corrected chi connectivity index (χ3v) is 5.05. The van der Waals surface area contributed by atoms with E-state index >= 15 is 0 Å². The van der Waals surface area contributed by atoms with Crippen LogP contribution in [0.3, 0.4) is 0 Å². The van der Waals surface area contributed by atoms with Gasteiger partial charge in [-0.1, -0.05) is 9.95 Å². The van der Waals surface area contributed by atoms with E-state index in [1.54, 1.807) is 41.3 Å². The number of ether oxygens (including phenoxy) is 1. The number of amides is 1. The Morgan fingerprint density at radius 2 is 2.13 bits per heavy atom. The molecule has 0 unspecified atom stereocenters. The standard InChI is InChI=1S/C19H22FN5O4S/c1-29-15-6-2-5-14(13-15)25(12-4-11-22-30(20,27)28)18(26)9-8-17-16-7-3-10-21-19(16)24-23-17/h2-3,5-7,10,13,22H,4,8-9,11-12H2,1H3,(H,21,23,24). The fourth-order valence-corrected chi connectivity index (χ4v) is 3.46. The highest BCUT2D eigenvalue weighted by Gasteiger charge is 2.18. The summed E-state index contributed by atoms with van der Waals surface area (Å²) in [5, 5.41) is 7.90. The number of aromatic amines is 1. The maximum Gasteiger partial charge on any atom is 0.372 e. The predicted octanol–water partition coefficient (Wildman–Crippen LogP) is 2.13. The highest BCUT2D eigenvalue weighted by molar-refractivity contribution is 7.84. The van der Waals surface area contributed by atoms with Crippen LogP contribution in [0.15, 0.2) is 42.6 Å². The van der Waals surface area contributed by atoms with Crippen LogP contribution in [0.25, 0.3) is 11.0 Å². The van der Waals surface area contributed by atoms with Gasteiger partial charge in [0.25, 0.3) is 0 Å². The Kier molecular flexibility index (Phi) is 6.95. The molecule has 2 aromatic heterocycles. The minimum Gasteiger partial charge on any atom is -0.497 e. The van der Waals surface area contributed by atoms with Crippen molar-refractivity contribution in [2.75, 3.05) is 25.1 Å². The Morgan fingerprint density at radius 1 is 1.30 bits per heavy atom. The number of nitrogens with zero attached hydrogens (tertiary/aromatic N) is 3. The van der Waals surface area contributed by atoms with Gasteiger partial charge in [-0.25, -0.2) is 4.98 Å². The molecule has 2 N–H and O–H groups in total. The van der Waals surface area contributed by atoms with Gasteiger partial charge in [0.1, 0.15) is 5.75 Å². The Bertz CT molecular complexity index is 1120. The van der Waals surface area contributed by atoms with E-state index in [1.807, 2.05) is 6.07 Å². The quantitative estimate of drug-likeness (QED) is 0.372. The summed E-state index contributed by atoms with van der Waals surface area (Å²) < 4.78 is 40.9. The molecule has 0 bridgehead atoms. The maximum atomic E-state index is 13.0. The first-order chi connectivity index (χ1) is 14.4. The van der Waals surface area contributed by atoms with Crippen molar-refractivity contribution in [3.8, 4) is 5.75 Å². The molecule has 0 spiro atoms. The minimum absolute atomic E-state index is 0.122. The van der Waals surface area contributed by atoms with Gasteiger partial charge in [-0.2, -0.15) is 18.2 Å². The zero-order valence-electron chi connectivity index (χ0n) is 16.3. The summed E-state index contributed by atoms with van der Waals surface area (Å²) in [4.78, 5) is 18.7. The Labute approximate surface area is 173 Å². The van der Waals surface area contributed by atoms with Gasteiger partial charge < -0.3 is 9.64 Å². The SMILES string of the molecule is COc1cccc(N(CCCNS(=O)(=O)F)C(=O)CCc2[nH]nc3ncccc23)c1. The fourth-order valence-electron chi connectivity index (χ4n) is 3.07. The van der Waals surface area contributed by atoms with E-state index in [-0.39, 0.29) is 31.8 Å². The Hall–Kier alpha value is -3.05. The van der Waals surface area contributed by atoms with E-state index in [4.69, 9.17) is 4.74 Å². The first kappa shape index (κ1) is 21.7. The predicted molar refractivity (Wildman–Crippen MR) is 110 cm³/mol. The number of aromatic nitrogens is 3. The van der Waals surface area contributed by atoms with Crippen molar-refractivity contribution in [1.82, 2.24) is 19.9 Å². The van der Waals surface area contributed by atoms with Gasteiger partial charge in [-0.3, -0.25) is 9.89 Å². The molecule has 1 amide bonds. The third-order valence-electron chi connectivity index (χ3n) is 4.50. The van der Waals surface area contributed by atoms with Crippen molar-refractivity contribution in [2.24, 2.45) is 0 Å². The number of hydrogen-bond acceptors (Lipinski definition) is 6. The summed E-state index contributed by atoms with van der Waals surface area (Å²) in [5.74, 6) is 0.415. The van der Waals surface area contributed by atoms with Gasteiger partial charge in [0.15, 0.2) is 5.65 Å². The van der Waals surface area contributed by atoms with E-state index < -0.39 is 10.4 Å². The number of hydrogen-bond donors (Lipinski definition) is 2. The Morgan fingerprint density at radius 3 is 2.90 bits per heavy atom. The van der Waals surface area contributed by atoms with Gasteiger partial charge in [0.05, 0.1) is 7.11 Å². The van der Waals surface area contributed by atoms with Gasteiger partial charge >= 0.3 is 10.4 Å². The highest BCUT2D eigenvalue weighted by Crippen LogP contribution is 2.23. The lowest BCUT2D eigenvalue weighted by molar-refractivity contribution is -0.118. The summed E-state index contributed by atoms with van der Waals surface area (Å²) >= 11 is 0. The largest absolute Gasteiger partial charge is 0.497 e. The molecule has 11 heteroatoms. The van der Waals surface area contributed by atoms with Crippen LogP contribution in [-0.2, 0) is 21.6 Å². The highest BCUT2D eigenvalue weighted by atomic mass is 32.3. The van der Waals surface area contributed by atoms with E-state index in [2.05, 4.69) is 15.2 Å². The number of halogens is 1. The fraction of sp³-hybridized carbons (Fsp3) is 0.316. The molecule has 2 heterocycles. The first-order valence-electron chi connectivity index (χ1n) is 9.29. The molecule has 0 aliphatic rings. The third kappa shape index (κ3) is 5.74. The molecule has 0 saturated heterocycles. The van der Waals surface area contributed by atoms with Gasteiger partial charge in [-0.15, -0.1) is 0 Å². The van der Waals surface area contributed by atoms with Gasteiger partial charge in [-0.05, 0) is 37.1 Å². The molecule has 3 aromatic rings. The van der Waals surface area contributed by atoms with Crippen LogP contribution in [0.1, 0.15) is 18.5 Å².